The molecule has 0 saturated carbocycles. The maximum absolute atomic E-state index is 12.5. The Kier molecular flexibility index (Phi) is 5.78. The highest BCUT2D eigenvalue weighted by molar-refractivity contribution is 7.89. The highest BCUT2D eigenvalue weighted by Gasteiger charge is 2.18. The molecule has 9 heteroatoms. The van der Waals surface area contributed by atoms with E-state index in [0.29, 0.717) is 11.3 Å². The number of amides is 1. The number of sulfone groups is 1. The van der Waals surface area contributed by atoms with Gasteiger partial charge >= 0.3 is 0 Å². The van der Waals surface area contributed by atoms with Crippen molar-refractivity contribution in [3.05, 3.63) is 41.5 Å². The Hall–Kier alpha value is -2.42. The van der Waals surface area contributed by atoms with Crippen molar-refractivity contribution in [1.82, 2.24) is 15.0 Å². The second-order valence-corrected chi connectivity index (χ2v) is 8.22. The van der Waals surface area contributed by atoms with Crippen LogP contribution >= 0.6 is 0 Å². The Morgan fingerprint density at radius 2 is 2.00 bits per heavy atom. The number of hydrogen-bond acceptors (Lipinski definition) is 7. The third-order valence-electron chi connectivity index (χ3n) is 3.58. The SMILES string of the molecule is CC(C)N(C)C(=O)c1ccccc1NCc1nc(CS(C)(=O)=O)no1. The van der Waals surface area contributed by atoms with Gasteiger partial charge in [-0.3, -0.25) is 4.79 Å². The van der Waals surface area contributed by atoms with E-state index in [0.717, 1.165) is 6.26 Å². The van der Waals surface area contributed by atoms with Crippen molar-refractivity contribution in [2.24, 2.45) is 0 Å². The number of aromatic nitrogens is 2. The number of carbonyl (C=O) groups excluding carboxylic acids is 1. The topological polar surface area (TPSA) is 105 Å². The summed E-state index contributed by atoms with van der Waals surface area (Å²) in [5.41, 5.74) is 1.18. The molecule has 25 heavy (non-hydrogen) atoms. The van der Waals surface area contributed by atoms with Gasteiger partial charge in [-0.1, -0.05) is 17.3 Å². The molecule has 1 aromatic carbocycles. The minimum atomic E-state index is -3.22. The van der Waals surface area contributed by atoms with Crippen LogP contribution in [-0.2, 0) is 22.1 Å². The van der Waals surface area contributed by atoms with E-state index in [1.807, 2.05) is 19.9 Å². The lowest BCUT2D eigenvalue weighted by atomic mass is 10.1. The lowest BCUT2D eigenvalue weighted by molar-refractivity contribution is 0.0756. The zero-order chi connectivity index (χ0) is 18.6. The van der Waals surface area contributed by atoms with E-state index in [-0.39, 0.29) is 36.0 Å². The molecular formula is C16H22N4O4S. The van der Waals surface area contributed by atoms with Crippen LogP contribution in [0.4, 0.5) is 5.69 Å². The molecule has 1 aromatic heterocycles. The molecule has 0 aliphatic carbocycles. The average molecular weight is 366 g/mol. The summed E-state index contributed by atoms with van der Waals surface area (Å²) >= 11 is 0. The summed E-state index contributed by atoms with van der Waals surface area (Å²) in [4.78, 5) is 18.2. The maximum Gasteiger partial charge on any atom is 0.255 e. The predicted octanol–water partition coefficient (Wildman–Crippen LogP) is 1.71. The monoisotopic (exact) mass is 366 g/mol. The van der Waals surface area contributed by atoms with E-state index in [2.05, 4.69) is 15.5 Å². The normalized spacial score (nSPS) is 11.6. The molecular weight excluding hydrogens is 344 g/mol. The standard InChI is InChI=1S/C16H22N4O4S/c1-11(2)20(3)16(21)12-7-5-6-8-13(12)17-9-15-18-14(19-24-15)10-25(4,22)23/h5-8,11,17H,9-10H2,1-4H3. The smallest absolute Gasteiger partial charge is 0.255 e. The molecule has 0 aliphatic heterocycles. The second-order valence-electron chi connectivity index (χ2n) is 6.08. The molecule has 136 valence electrons. The van der Waals surface area contributed by atoms with Gasteiger partial charge in [0.25, 0.3) is 5.91 Å². The first kappa shape index (κ1) is 18.9. The van der Waals surface area contributed by atoms with Crippen molar-refractivity contribution >= 4 is 21.4 Å². The lowest BCUT2D eigenvalue weighted by Crippen LogP contribution is -2.33. The minimum absolute atomic E-state index is 0.0787. The molecule has 2 rings (SSSR count). The molecule has 8 nitrogen and oxygen atoms in total. The Morgan fingerprint density at radius 3 is 2.64 bits per heavy atom. The molecule has 1 heterocycles. The highest BCUT2D eigenvalue weighted by atomic mass is 32.2. The van der Waals surface area contributed by atoms with Gasteiger partial charge in [0.15, 0.2) is 15.7 Å². The number of anilines is 1. The van der Waals surface area contributed by atoms with Crippen LogP contribution in [0.2, 0.25) is 0 Å². The van der Waals surface area contributed by atoms with Gasteiger partial charge in [0.05, 0.1) is 12.1 Å². The van der Waals surface area contributed by atoms with E-state index in [1.165, 1.54) is 0 Å². The lowest BCUT2D eigenvalue weighted by Gasteiger charge is -2.22. The largest absolute Gasteiger partial charge is 0.375 e. The Morgan fingerprint density at radius 1 is 1.32 bits per heavy atom. The third-order valence-corrected chi connectivity index (χ3v) is 4.37. The van der Waals surface area contributed by atoms with Crippen molar-refractivity contribution < 1.29 is 17.7 Å². The average Bonchev–Trinajstić information content (AvgIpc) is 2.97. The molecule has 0 aliphatic rings. The molecule has 0 atom stereocenters. The number of para-hydroxylation sites is 1. The van der Waals surface area contributed by atoms with Crippen LogP contribution in [0.5, 0.6) is 0 Å². The molecule has 1 amide bonds. The highest BCUT2D eigenvalue weighted by Crippen LogP contribution is 2.18. The van der Waals surface area contributed by atoms with Gasteiger partial charge in [0, 0.05) is 25.0 Å². The van der Waals surface area contributed by atoms with Crippen LogP contribution in [0.15, 0.2) is 28.8 Å². The number of hydrogen-bond donors (Lipinski definition) is 1. The Labute approximate surface area is 147 Å². The number of benzene rings is 1. The van der Waals surface area contributed by atoms with Crippen molar-refractivity contribution in [2.45, 2.75) is 32.2 Å². The summed E-state index contributed by atoms with van der Waals surface area (Å²) in [5.74, 6) is -0.00666. The van der Waals surface area contributed by atoms with Crippen LogP contribution in [-0.4, -0.2) is 48.7 Å². The first-order valence-corrected chi connectivity index (χ1v) is 9.82. The van der Waals surface area contributed by atoms with E-state index in [4.69, 9.17) is 4.52 Å². The fraction of sp³-hybridized carbons (Fsp3) is 0.438. The molecule has 0 fully saturated rings. The summed E-state index contributed by atoms with van der Waals surface area (Å²) in [7, 11) is -1.47. The summed E-state index contributed by atoms with van der Waals surface area (Å²) in [6.07, 6.45) is 1.11. The van der Waals surface area contributed by atoms with Crippen molar-refractivity contribution in [3.8, 4) is 0 Å². The molecule has 0 saturated heterocycles. The second kappa shape index (κ2) is 7.64. The van der Waals surface area contributed by atoms with Gasteiger partial charge in [0.1, 0.15) is 5.75 Å². The van der Waals surface area contributed by atoms with Crippen LogP contribution in [0.3, 0.4) is 0 Å². The van der Waals surface area contributed by atoms with Crippen molar-refractivity contribution in [2.75, 3.05) is 18.6 Å². The van der Waals surface area contributed by atoms with Gasteiger partial charge in [0.2, 0.25) is 5.89 Å². The zero-order valence-electron chi connectivity index (χ0n) is 14.7. The van der Waals surface area contributed by atoms with Gasteiger partial charge in [-0.2, -0.15) is 4.98 Å². The van der Waals surface area contributed by atoms with E-state index in [9.17, 15) is 13.2 Å². The first-order valence-electron chi connectivity index (χ1n) is 7.76. The van der Waals surface area contributed by atoms with E-state index < -0.39 is 9.84 Å². The zero-order valence-corrected chi connectivity index (χ0v) is 15.5. The summed E-state index contributed by atoms with van der Waals surface area (Å²) in [6.45, 7) is 4.07. The van der Waals surface area contributed by atoms with Crippen molar-refractivity contribution in [3.63, 3.8) is 0 Å². The first-order chi connectivity index (χ1) is 11.7. The number of carbonyl (C=O) groups is 1. The van der Waals surface area contributed by atoms with Gasteiger partial charge in [-0.15, -0.1) is 0 Å². The summed E-state index contributed by atoms with van der Waals surface area (Å²) in [5, 5.41) is 6.73. The fourth-order valence-corrected chi connectivity index (χ4v) is 2.66. The Bertz CT molecular complexity index is 845. The predicted molar refractivity (Wildman–Crippen MR) is 93.8 cm³/mol. The number of rotatable bonds is 7. The molecule has 0 bridgehead atoms. The van der Waals surface area contributed by atoms with Crippen LogP contribution in [0, 0.1) is 0 Å². The number of nitrogens with one attached hydrogen (secondary N) is 1. The summed E-state index contributed by atoms with van der Waals surface area (Å²) in [6, 6.07) is 7.22. The van der Waals surface area contributed by atoms with Gasteiger partial charge < -0.3 is 14.7 Å². The summed E-state index contributed by atoms with van der Waals surface area (Å²) < 4.78 is 27.5. The van der Waals surface area contributed by atoms with Gasteiger partial charge in [-0.25, -0.2) is 8.42 Å². The van der Waals surface area contributed by atoms with Crippen LogP contribution in [0.25, 0.3) is 0 Å². The quantitative estimate of drug-likeness (QED) is 0.795. The van der Waals surface area contributed by atoms with Crippen LogP contribution < -0.4 is 5.32 Å². The molecule has 0 unspecified atom stereocenters. The molecule has 1 N–H and O–H groups in total. The molecule has 0 radical (unpaired) electrons. The number of nitrogens with zero attached hydrogens (tertiary/aromatic N) is 3. The van der Waals surface area contributed by atoms with Crippen molar-refractivity contribution in [1.29, 1.82) is 0 Å². The maximum atomic E-state index is 12.5. The van der Waals surface area contributed by atoms with E-state index in [1.54, 1.807) is 30.1 Å². The third kappa shape index (κ3) is 5.28. The molecule has 2 aromatic rings. The minimum Gasteiger partial charge on any atom is -0.375 e. The van der Waals surface area contributed by atoms with Crippen LogP contribution in [0.1, 0.15) is 35.9 Å². The molecule has 0 spiro atoms. The van der Waals surface area contributed by atoms with E-state index >= 15 is 0 Å². The van der Waals surface area contributed by atoms with Gasteiger partial charge in [-0.05, 0) is 26.0 Å². The Balaban J connectivity index is 2.10. The fourth-order valence-electron chi connectivity index (χ4n) is 2.07.